The molecule has 1 aliphatic heterocycles. The molecule has 0 spiro atoms. The number of likely N-dealkylation sites (tertiary alicyclic amines) is 1. The van der Waals surface area contributed by atoms with E-state index in [0.29, 0.717) is 11.6 Å². The number of benzene rings is 2. The summed E-state index contributed by atoms with van der Waals surface area (Å²) in [6, 6.07) is 16.8. The first-order valence-electron chi connectivity index (χ1n) is 8.45. The predicted octanol–water partition coefficient (Wildman–Crippen LogP) is 4.49. The molecular weight excluding hydrogens is 353 g/mol. The SMILES string of the molecule is Cl.OC(C#CCN1CCCCC1)(c1ccccc1)c1ccc(Cl)cc1. The number of rotatable bonds is 3. The van der Waals surface area contributed by atoms with Gasteiger partial charge < -0.3 is 5.11 Å². The minimum absolute atomic E-state index is 0. The summed E-state index contributed by atoms with van der Waals surface area (Å²) in [5, 5.41) is 12.0. The van der Waals surface area contributed by atoms with Crippen molar-refractivity contribution in [1.82, 2.24) is 4.90 Å². The van der Waals surface area contributed by atoms with Crippen LogP contribution in [0.1, 0.15) is 30.4 Å². The topological polar surface area (TPSA) is 23.5 Å². The normalized spacial score (nSPS) is 16.9. The van der Waals surface area contributed by atoms with Crippen LogP contribution in [0, 0.1) is 11.8 Å². The predicted molar refractivity (Wildman–Crippen MR) is 106 cm³/mol. The maximum absolute atomic E-state index is 11.3. The van der Waals surface area contributed by atoms with Gasteiger partial charge >= 0.3 is 0 Å². The standard InChI is InChI=1S/C21H22ClNO.ClH/c22-20-12-10-19(11-13-20)21(24,18-8-3-1-4-9-18)14-7-17-23-15-5-2-6-16-23;/h1,3-4,8-13,24H,2,5-6,15-17H2;1H. The monoisotopic (exact) mass is 375 g/mol. The van der Waals surface area contributed by atoms with Crippen LogP contribution in [0.15, 0.2) is 54.6 Å². The van der Waals surface area contributed by atoms with Crippen LogP contribution < -0.4 is 0 Å². The first-order chi connectivity index (χ1) is 11.7. The summed E-state index contributed by atoms with van der Waals surface area (Å²) in [6.45, 7) is 2.89. The maximum atomic E-state index is 11.3. The molecule has 1 aliphatic rings. The molecule has 2 nitrogen and oxygen atoms in total. The van der Waals surface area contributed by atoms with Gasteiger partial charge in [-0.2, -0.15) is 0 Å². The molecule has 0 saturated carbocycles. The van der Waals surface area contributed by atoms with Gasteiger partial charge in [-0.1, -0.05) is 72.3 Å². The largest absolute Gasteiger partial charge is 0.369 e. The highest BCUT2D eigenvalue weighted by molar-refractivity contribution is 6.30. The number of piperidine rings is 1. The van der Waals surface area contributed by atoms with Gasteiger partial charge in [-0.15, -0.1) is 12.4 Å². The summed E-state index contributed by atoms with van der Waals surface area (Å²) in [5.41, 5.74) is 0.199. The van der Waals surface area contributed by atoms with Crippen molar-refractivity contribution in [2.24, 2.45) is 0 Å². The van der Waals surface area contributed by atoms with Crippen LogP contribution in [-0.2, 0) is 5.60 Å². The minimum Gasteiger partial charge on any atom is -0.369 e. The summed E-state index contributed by atoms with van der Waals surface area (Å²) in [5.74, 6) is 6.32. The van der Waals surface area contributed by atoms with Crippen molar-refractivity contribution in [3.63, 3.8) is 0 Å². The molecule has 1 saturated heterocycles. The second kappa shape index (κ2) is 9.27. The number of hydrogen-bond acceptors (Lipinski definition) is 2. The van der Waals surface area contributed by atoms with Crippen LogP contribution in [0.5, 0.6) is 0 Å². The summed E-state index contributed by atoms with van der Waals surface area (Å²) in [7, 11) is 0. The van der Waals surface area contributed by atoms with Crippen LogP contribution >= 0.6 is 24.0 Å². The number of halogens is 2. The Bertz CT molecular complexity index is 715. The van der Waals surface area contributed by atoms with Crippen molar-refractivity contribution in [2.75, 3.05) is 19.6 Å². The lowest BCUT2D eigenvalue weighted by molar-refractivity contribution is 0.145. The fourth-order valence-corrected chi connectivity index (χ4v) is 3.20. The van der Waals surface area contributed by atoms with Crippen molar-refractivity contribution in [1.29, 1.82) is 0 Å². The lowest BCUT2D eigenvalue weighted by Crippen LogP contribution is -2.30. The number of nitrogens with zero attached hydrogens (tertiary/aromatic N) is 1. The van der Waals surface area contributed by atoms with E-state index in [9.17, 15) is 5.11 Å². The van der Waals surface area contributed by atoms with Crippen molar-refractivity contribution >= 4 is 24.0 Å². The zero-order chi connectivity index (χ0) is 16.8. The van der Waals surface area contributed by atoms with E-state index >= 15 is 0 Å². The first-order valence-corrected chi connectivity index (χ1v) is 8.82. The third kappa shape index (κ3) is 5.00. The highest BCUT2D eigenvalue weighted by atomic mass is 35.5. The Kier molecular flexibility index (Phi) is 7.35. The minimum atomic E-state index is -1.32. The second-order valence-corrected chi connectivity index (χ2v) is 6.66. The molecule has 1 unspecified atom stereocenters. The zero-order valence-electron chi connectivity index (χ0n) is 14.1. The molecule has 4 heteroatoms. The van der Waals surface area contributed by atoms with Gasteiger partial charge in [0.05, 0.1) is 6.54 Å². The number of aliphatic hydroxyl groups is 1. The quantitative estimate of drug-likeness (QED) is 0.798. The van der Waals surface area contributed by atoms with Crippen molar-refractivity contribution in [2.45, 2.75) is 24.9 Å². The Labute approximate surface area is 161 Å². The van der Waals surface area contributed by atoms with Gasteiger partial charge in [-0.25, -0.2) is 0 Å². The van der Waals surface area contributed by atoms with Gasteiger partial charge in [-0.05, 0) is 38.1 Å². The molecule has 1 atom stereocenters. The van der Waals surface area contributed by atoms with E-state index in [4.69, 9.17) is 11.6 Å². The lowest BCUT2D eigenvalue weighted by atomic mass is 9.87. The van der Waals surface area contributed by atoms with E-state index in [1.54, 1.807) is 12.1 Å². The molecular formula is C21H23Cl2NO. The first kappa shape index (κ1) is 19.8. The summed E-state index contributed by atoms with van der Waals surface area (Å²) in [4.78, 5) is 2.35. The van der Waals surface area contributed by atoms with E-state index in [1.165, 1.54) is 19.3 Å². The summed E-state index contributed by atoms with van der Waals surface area (Å²) in [6.07, 6.45) is 3.78. The fraction of sp³-hybridized carbons (Fsp3) is 0.333. The van der Waals surface area contributed by atoms with Crippen LogP contribution in [0.25, 0.3) is 0 Å². The van der Waals surface area contributed by atoms with Gasteiger partial charge in [0.2, 0.25) is 0 Å². The molecule has 0 amide bonds. The van der Waals surface area contributed by atoms with Crippen LogP contribution in [0.2, 0.25) is 5.02 Å². The molecule has 1 N–H and O–H groups in total. The van der Waals surface area contributed by atoms with E-state index in [1.807, 2.05) is 42.5 Å². The van der Waals surface area contributed by atoms with Gasteiger partial charge in [0.15, 0.2) is 5.60 Å². The van der Waals surface area contributed by atoms with E-state index in [2.05, 4.69) is 16.7 Å². The maximum Gasteiger partial charge on any atom is 0.176 e. The lowest BCUT2D eigenvalue weighted by Gasteiger charge is -2.25. The second-order valence-electron chi connectivity index (χ2n) is 6.22. The highest BCUT2D eigenvalue weighted by Gasteiger charge is 2.29. The third-order valence-electron chi connectivity index (χ3n) is 4.47. The molecule has 1 heterocycles. The van der Waals surface area contributed by atoms with Crippen LogP contribution in [-0.4, -0.2) is 29.6 Å². The van der Waals surface area contributed by atoms with Crippen LogP contribution in [0.4, 0.5) is 0 Å². The molecule has 2 aromatic rings. The average molecular weight is 376 g/mol. The molecule has 0 aromatic heterocycles. The Morgan fingerprint density at radius 1 is 0.920 bits per heavy atom. The van der Waals surface area contributed by atoms with E-state index in [-0.39, 0.29) is 12.4 Å². The van der Waals surface area contributed by atoms with E-state index in [0.717, 1.165) is 24.2 Å². The average Bonchev–Trinajstić information content (AvgIpc) is 2.64. The Morgan fingerprint density at radius 3 is 2.16 bits per heavy atom. The fourth-order valence-electron chi connectivity index (χ4n) is 3.08. The Morgan fingerprint density at radius 2 is 1.52 bits per heavy atom. The molecule has 0 radical (unpaired) electrons. The summed E-state index contributed by atoms with van der Waals surface area (Å²) < 4.78 is 0. The van der Waals surface area contributed by atoms with Gasteiger partial charge in [-0.3, -0.25) is 4.90 Å². The van der Waals surface area contributed by atoms with E-state index < -0.39 is 5.60 Å². The highest BCUT2D eigenvalue weighted by Crippen LogP contribution is 2.29. The molecule has 0 aliphatic carbocycles. The molecule has 132 valence electrons. The molecule has 0 bridgehead atoms. The third-order valence-corrected chi connectivity index (χ3v) is 4.73. The van der Waals surface area contributed by atoms with Gasteiger partial charge in [0.25, 0.3) is 0 Å². The Hall–Kier alpha value is -1.50. The van der Waals surface area contributed by atoms with Crippen molar-refractivity contribution in [3.05, 3.63) is 70.7 Å². The molecule has 2 aromatic carbocycles. The van der Waals surface area contributed by atoms with Crippen LogP contribution in [0.3, 0.4) is 0 Å². The van der Waals surface area contributed by atoms with Gasteiger partial charge in [0.1, 0.15) is 0 Å². The molecule has 25 heavy (non-hydrogen) atoms. The van der Waals surface area contributed by atoms with Gasteiger partial charge in [0, 0.05) is 16.1 Å². The summed E-state index contributed by atoms with van der Waals surface area (Å²) >= 11 is 5.99. The molecule has 1 fully saturated rings. The smallest absolute Gasteiger partial charge is 0.176 e. The number of hydrogen-bond donors (Lipinski definition) is 1. The Balaban J connectivity index is 0.00000225. The zero-order valence-corrected chi connectivity index (χ0v) is 15.7. The van der Waals surface area contributed by atoms with Crippen molar-refractivity contribution in [3.8, 4) is 11.8 Å². The molecule has 3 rings (SSSR count). The van der Waals surface area contributed by atoms with Crippen molar-refractivity contribution < 1.29 is 5.11 Å².